The molecule has 4 heteroatoms. The number of hydrogen-bond donors (Lipinski definition) is 1. The highest BCUT2D eigenvalue weighted by Gasteiger charge is 2.17. The number of ether oxygens (including phenoxy) is 1. The van der Waals surface area contributed by atoms with Crippen molar-refractivity contribution in [2.24, 2.45) is 0 Å². The standard InChI is InChI=1S/C13H19NO2S/c1-13(2,3)16-12(15)14-8-10-7-9-5-4-6-11(9)17-10/h7H,4-6,8H2,1-3H3,(H,14,15). The quantitative estimate of drug-likeness (QED) is 0.878. The van der Waals surface area contributed by atoms with Gasteiger partial charge in [-0.05, 0) is 51.7 Å². The fourth-order valence-corrected chi connectivity index (χ4v) is 3.15. The van der Waals surface area contributed by atoms with Gasteiger partial charge >= 0.3 is 6.09 Å². The van der Waals surface area contributed by atoms with Gasteiger partial charge < -0.3 is 10.1 Å². The normalized spacial score (nSPS) is 14.5. The SMILES string of the molecule is CC(C)(C)OC(=O)NCc1cc2c(s1)CCC2. The van der Waals surface area contributed by atoms with E-state index in [1.807, 2.05) is 32.1 Å². The highest BCUT2D eigenvalue weighted by Crippen LogP contribution is 2.30. The van der Waals surface area contributed by atoms with Crippen LogP contribution in [0.25, 0.3) is 0 Å². The lowest BCUT2D eigenvalue weighted by molar-refractivity contribution is 0.0524. The second kappa shape index (κ2) is 4.69. The van der Waals surface area contributed by atoms with Crippen LogP contribution >= 0.6 is 11.3 Å². The first-order chi connectivity index (χ1) is 7.94. The zero-order valence-electron chi connectivity index (χ0n) is 10.6. The van der Waals surface area contributed by atoms with Crippen LogP contribution in [0.15, 0.2) is 6.07 Å². The molecule has 0 atom stereocenters. The van der Waals surface area contributed by atoms with Crippen LogP contribution in [0.2, 0.25) is 0 Å². The van der Waals surface area contributed by atoms with Crippen molar-refractivity contribution in [2.75, 3.05) is 0 Å². The van der Waals surface area contributed by atoms with Gasteiger partial charge in [0.25, 0.3) is 0 Å². The Balaban J connectivity index is 1.83. The third-order valence-corrected chi connectivity index (χ3v) is 3.84. The molecule has 0 spiro atoms. The summed E-state index contributed by atoms with van der Waals surface area (Å²) in [5.74, 6) is 0. The number of thiophene rings is 1. The van der Waals surface area contributed by atoms with E-state index in [-0.39, 0.29) is 6.09 Å². The van der Waals surface area contributed by atoms with Crippen molar-refractivity contribution in [3.05, 3.63) is 21.4 Å². The molecule has 2 rings (SSSR count). The summed E-state index contributed by atoms with van der Waals surface area (Å²) in [5, 5.41) is 2.79. The summed E-state index contributed by atoms with van der Waals surface area (Å²) in [4.78, 5) is 14.2. The minimum absolute atomic E-state index is 0.342. The average Bonchev–Trinajstić information content (AvgIpc) is 2.70. The molecule has 1 N–H and O–H groups in total. The summed E-state index contributed by atoms with van der Waals surface area (Å²) >= 11 is 1.81. The van der Waals surface area contributed by atoms with Gasteiger partial charge in [-0.1, -0.05) is 0 Å². The predicted octanol–water partition coefficient (Wildman–Crippen LogP) is 3.26. The van der Waals surface area contributed by atoms with E-state index in [0.29, 0.717) is 6.54 Å². The summed E-state index contributed by atoms with van der Waals surface area (Å²) in [5.41, 5.74) is 1.04. The number of carbonyl (C=O) groups is 1. The van der Waals surface area contributed by atoms with Gasteiger partial charge in [-0.15, -0.1) is 11.3 Å². The molecule has 17 heavy (non-hydrogen) atoms. The molecule has 0 aromatic carbocycles. The number of alkyl carbamates (subject to hydrolysis) is 1. The van der Waals surface area contributed by atoms with Crippen molar-refractivity contribution >= 4 is 17.4 Å². The molecule has 0 saturated carbocycles. The van der Waals surface area contributed by atoms with E-state index >= 15 is 0 Å². The van der Waals surface area contributed by atoms with E-state index in [1.165, 1.54) is 34.6 Å². The molecule has 0 saturated heterocycles. The molecule has 1 heterocycles. The maximum absolute atomic E-state index is 11.5. The van der Waals surface area contributed by atoms with Gasteiger partial charge in [-0.3, -0.25) is 0 Å². The monoisotopic (exact) mass is 253 g/mol. The molecule has 0 aliphatic heterocycles. The first kappa shape index (κ1) is 12.4. The Hall–Kier alpha value is -1.03. The van der Waals surface area contributed by atoms with E-state index in [1.54, 1.807) is 0 Å². The molecule has 1 aliphatic rings. The van der Waals surface area contributed by atoms with Crippen LogP contribution in [0.3, 0.4) is 0 Å². The topological polar surface area (TPSA) is 38.3 Å². The Morgan fingerprint density at radius 3 is 2.88 bits per heavy atom. The van der Waals surface area contributed by atoms with Crippen molar-refractivity contribution in [3.63, 3.8) is 0 Å². The largest absolute Gasteiger partial charge is 0.444 e. The second-order valence-electron chi connectivity index (χ2n) is 5.37. The number of aryl methyl sites for hydroxylation is 2. The minimum Gasteiger partial charge on any atom is -0.444 e. The van der Waals surface area contributed by atoms with Crippen LogP contribution in [0.5, 0.6) is 0 Å². The summed E-state index contributed by atoms with van der Waals surface area (Å²) < 4.78 is 5.19. The lowest BCUT2D eigenvalue weighted by Crippen LogP contribution is -2.31. The molecular formula is C13H19NO2S. The number of carbonyl (C=O) groups excluding carboxylic acids is 1. The van der Waals surface area contributed by atoms with Crippen molar-refractivity contribution in [1.29, 1.82) is 0 Å². The zero-order chi connectivity index (χ0) is 12.5. The first-order valence-electron chi connectivity index (χ1n) is 6.01. The fourth-order valence-electron chi connectivity index (χ4n) is 1.95. The molecule has 0 bridgehead atoms. The number of rotatable bonds is 2. The van der Waals surface area contributed by atoms with Crippen molar-refractivity contribution in [1.82, 2.24) is 5.32 Å². The Labute approximate surface area is 106 Å². The van der Waals surface area contributed by atoms with E-state index in [4.69, 9.17) is 4.74 Å². The first-order valence-corrected chi connectivity index (χ1v) is 6.83. The summed E-state index contributed by atoms with van der Waals surface area (Å²) in [6.45, 7) is 6.18. The van der Waals surface area contributed by atoms with Crippen LogP contribution < -0.4 is 5.32 Å². The van der Waals surface area contributed by atoms with Gasteiger partial charge in [0, 0.05) is 9.75 Å². The van der Waals surface area contributed by atoms with Crippen molar-refractivity contribution in [3.8, 4) is 0 Å². The van der Waals surface area contributed by atoms with Gasteiger partial charge in [0.05, 0.1) is 6.54 Å². The number of amides is 1. The number of fused-ring (bicyclic) bond motifs is 1. The maximum atomic E-state index is 11.5. The third kappa shape index (κ3) is 3.46. The highest BCUT2D eigenvalue weighted by molar-refractivity contribution is 7.12. The smallest absolute Gasteiger partial charge is 0.407 e. The van der Waals surface area contributed by atoms with Gasteiger partial charge in [0.1, 0.15) is 5.60 Å². The molecule has 94 valence electrons. The van der Waals surface area contributed by atoms with Crippen LogP contribution in [0, 0.1) is 0 Å². The summed E-state index contributed by atoms with van der Waals surface area (Å²) in [7, 11) is 0. The zero-order valence-corrected chi connectivity index (χ0v) is 11.4. The van der Waals surface area contributed by atoms with E-state index in [0.717, 1.165) is 0 Å². The molecule has 1 amide bonds. The van der Waals surface area contributed by atoms with Gasteiger partial charge in [0.15, 0.2) is 0 Å². The van der Waals surface area contributed by atoms with Crippen LogP contribution in [-0.4, -0.2) is 11.7 Å². The van der Waals surface area contributed by atoms with Gasteiger partial charge in [-0.25, -0.2) is 4.79 Å². The van der Waals surface area contributed by atoms with E-state index < -0.39 is 5.60 Å². The molecule has 0 fully saturated rings. The summed E-state index contributed by atoms with van der Waals surface area (Å²) in [6, 6.07) is 2.21. The van der Waals surface area contributed by atoms with Gasteiger partial charge in [0.2, 0.25) is 0 Å². The van der Waals surface area contributed by atoms with Crippen LogP contribution in [0.1, 0.15) is 42.5 Å². The fraction of sp³-hybridized carbons (Fsp3) is 0.615. The lowest BCUT2D eigenvalue weighted by Gasteiger charge is -2.19. The molecular weight excluding hydrogens is 234 g/mol. The second-order valence-corrected chi connectivity index (χ2v) is 6.59. The van der Waals surface area contributed by atoms with Crippen LogP contribution in [0.4, 0.5) is 4.79 Å². The lowest BCUT2D eigenvalue weighted by atomic mass is 10.2. The van der Waals surface area contributed by atoms with E-state index in [9.17, 15) is 4.79 Å². The molecule has 3 nitrogen and oxygen atoms in total. The van der Waals surface area contributed by atoms with E-state index in [2.05, 4.69) is 11.4 Å². The average molecular weight is 253 g/mol. The minimum atomic E-state index is -0.429. The Morgan fingerprint density at radius 2 is 2.24 bits per heavy atom. The number of hydrogen-bond acceptors (Lipinski definition) is 3. The van der Waals surface area contributed by atoms with Crippen molar-refractivity contribution in [2.45, 2.75) is 52.2 Å². The molecule has 1 aromatic heterocycles. The molecule has 0 radical (unpaired) electrons. The Morgan fingerprint density at radius 1 is 1.47 bits per heavy atom. The predicted molar refractivity (Wildman–Crippen MR) is 69.4 cm³/mol. The van der Waals surface area contributed by atoms with Crippen molar-refractivity contribution < 1.29 is 9.53 Å². The van der Waals surface area contributed by atoms with Crippen LogP contribution in [-0.2, 0) is 24.1 Å². The molecule has 1 aromatic rings. The maximum Gasteiger partial charge on any atom is 0.407 e. The van der Waals surface area contributed by atoms with Gasteiger partial charge in [-0.2, -0.15) is 0 Å². The Kier molecular flexibility index (Phi) is 3.43. The molecule has 1 aliphatic carbocycles. The molecule has 0 unspecified atom stereocenters. The summed E-state index contributed by atoms with van der Waals surface area (Å²) in [6.07, 6.45) is 3.33. The third-order valence-electron chi connectivity index (χ3n) is 2.60. The Bertz CT molecular complexity index is 396. The highest BCUT2D eigenvalue weighted by atomic mass is 32.1. The number of nitrogens with one attached hydrogen (secondary N) is 1.